The van der Waals surface area contributed by atoms with Crippen molar-refractivity contribution in [2.45, 2.75) is 25.6 Å². The van der Waals surface area contributed by atoms with Crippen LogP contribution in [-0.4, -0.2) is 61.3 Å². The van der Waals surface area contributed by atoms with Crippen molar-refractivity contribution in [2.24, 2.45) is 0 Å². The first-order chi connectivity index (χ1) is 12.9. The third-order valence-electron chi connectivity index (χ3n) is 3.36. The largest absolute Gasteiger partial charge is 0.467 e. The quantitative estimate of drug-likeness (QED) is 0.405. The van der Waals surface area contributed by atoms with Crippen LogP contribution in [0.2, 0.25) is 0 Å². The van der Waals surface area contributed by atoms with Crippen LogP contribution in [0.4, 0.5) is 4.79 Å². The topological polar surface area (TPSA) is 143 Å². The molecule has 2 atom stereocenters. The van der Waals surface area contributed by atoms with Gasteiger partial charge in [-0.2, -0.15) is 0 Å². The minimum Gasteiger partial charge on any atom is -0.467 e. The molecule has 0 aliphatic rings. The number of nitrogens with one attached hydrogen (secondary N) is 3. The normalized spacial score (nSPS) is 12.3. The smallest absolute Gasteiger partial charge is 0.407 e. The molecule has 1 rings (SSSR count). The minimum atomic E-state index is -1.23. The first kappa shape index (κ1) is 21.9. The Labute approximate surface area is 156 Å². The van der Waals surface area contributed by atoms with Crippen LogP contribution in [0.25, 0.3) is 0 Å². The zero-order valence-corrected chi connectivity index (χ0v) is 15.1. The summed E-state index contributed by atoms with van der Waals surface area (Å²) >= 11 is 0. The molecule has 10 heteroatoms. The van der Waals surface area contributed by atoms with Gasteiger partial charge in [-0.25, -0.2) is 9.59 Å². The predicted molar refractivity (Wildman–Crippen MR) is 93.3 cm³/mol. The molecule has 27 heavy (non-hydrogen) atoms. The molecule has 0 heterocycles. The van der Waals surface area contributed by atoms with E-state index in [4.69, 9.17) is 9.84 Å². The van der Waals surface area contributed by atoms with Crippen molar-refractivity contribution in [3.63, 3.8) is 0 Å². The van der Waals surface area contributed by atoms with E-state index in [-0.39, 0.29) is 6.61 Å². The van der Waals surface area contributed by atoms with Crippen LogP contribution in [0, 0.1) is 0 Å². The molecule has 148 valence electrons. The maximum absolute atomic E-state index is 11.9. The van der Waals surface area contributed by atoms with Crippen molar-refractivity contribution in [1.82, 2.24) is 16.0 Å². The zero-order chi connectivity index (χ0) is 20.2. The average Bonchev–Trinajstić information content (AvgIpc) is 2.68. The van der Waals surface area contributed by atoms with Crippen LogP contribution in [0.15, 0.2) is 30.3 Å². The lowest BCUT2D eigenvalue weighted by Crippen LogP contribution is -2.53. The molecule has 0 saturated carbocycles. The predicted octanol–water partition coefficient (Wildman–Crippen LogP) is -0.932. The fourth-order valence-electron chi connectivity index (χ4n) is 1.90. The van der Waals surface area contributed by atoms with Gasteiger partial charge in [-0.1, -0.05) is 30.3 Å². The average molecular weight is 381 g/mol. The lowest BCUT2D eigenvalue weighted by atomic mass is 10.2. The van der Waals surface area contributed by atoms with Gasteiger partial charge in [0.2, 0.25) is 11.8 Å². The second-order valence-corrected chi connectivity index (χ2v) is 5.47. The minimum absolute atomic E-state index is 0.0587. The molecule has 0 aliphatic carbocycles. The van der Waals surface area contributed by atoms with Gasteiger partial charge in [-0.15, -0.1) is 0 Å². The summed E-state index contributed by atoms with van der Waals surface area (Å²) < 4.78 is 9.37. The summed E-state index contributed by atoms with van der Waals surface area (Å²) in [5, 5.41) is 15.9. The van der Waals surface area contributed by atoms with E-state index in [9.17, 15) is 19.2 Å². The molecule has 0 aromatic heterocycles. The van der Waals surface area contributed by atoms with Crippen LogP contribution in [0.3, 0.4) is 0 Å². The molecule has 0 fully saturated rings. The van der Waals surface area contributed by atoms with E-state index >= 15 is 0 Å². The van der Waals surface area contributed by atoms with Crippen LogP contribution in [0.1, 0.15) is 12.5 Å². The zero-order valence-electron chi connectivity index (χ0n) is 15.1. The van der Waals surface area contributed by atoms with Gasteiger partial charge in [0.25, 0.3) is 0 Å². The summed E-state index contributed by atoms with van der Waals surface area (Å²) in [6.45, 7) is 0.398. The molecule has 0 unspecified atom stereocenters. The Kier molecular flexibility index (Phi) is 9.30. The van der Waals surface area contributed by atoms with Crippen LogP contribution < -0.4 is 16.0 Å². The summed E-state index contributed by atoms with van der Waals surface area (Å²) in [6.07, 6.45) is -0.780. The number of benzene rings is 1. The fraction of sp³-hybridized carbons (Fsp3) is 0.412. The molecule has 0 saturated heterocycles. The standard InChI is InChI=1S/C17H23N3O7/c1-11(15(23)20-13(9-21)16(24)26-2)19-14(22)8-18-17(25)27-10-12-6-4-3-5-7-12/h3-7,11,13,21H,8-10H2,1-2H3,(H,18,25)(H,19,22)(H,20,23)/t11-,13-/m1/s1. The highest BCUT2D eigenvalue weighted by Crippen LogP contribution is 2.00. The second kappa shape index (κ2) is 11.5. The monoisotopic (exact) mass is 381 g/mol. The van der Waals surface area contributed by atoms with Crippen molar-refractivity contribution >= 4 is 23.9 Å². The first-order valence-electron chi connectivity index (χ1n) is 8.10. The van der Waals surface area contributed by atoms with Crippen LogP contribution >= 0.6 is 0 Å². The van der Waals surface area contributed by atoms with Gasteiger partial charge in [0, 0.05) is 0 Å². The molecule has 0 bridgehead atoms. The third kappa shape index (κ3) is 8.19. The molecule has 4 N–H and O–H groups in total. The number of aliphatic hydroxyl groups is 1. The van der Waals surface area contributed by atoms with Gasteiger partial charge < -0.3 is 30.5 Å². The van der Waals surface area contributed by atoms with Crippen molar-refractivity contribution in [1.29, 1.82) is 0 Å². The Morgan fingerprint density at radius 1 is 1.11 bits per heavy atom. The van der Waals surface area contributed by atoms with E-state index in [1.165, 1.54) is 6.92 Å². The molecule has 0 aliphatic heterocycles. The van der Waals surface area contributed by atoms with Gasteiger partial charge in [0.05, 0.1) is 13.7 Å². The van der Waals surface area contributed by atoms with Gasteiger partial charge in [0.1, 0.15) is 19.2 Å². The Bertz CT molecular complexity index is 651. The van der Waals surface area contributed by atoms with Crippen molar-refractivity contribution in [3.8, 4) is 0 Å². The molecular weight excluding hydrogens is 358 g/mol. The lowest BCUT2D eigenvalue weighted by molar-refractivity contribution is -0.146. The molecule has 1 aromatic carbocycles. The molecule has 0 spiro atoms. The third-order valence-corrected chi connectivity index (χ3v) is 3.36. The number of methoxy groups -OCH3 is 1. The molecular formula is C17H23N3O7. The summed E-state index contributed by atoms with van der Waals surface area (Å²) in [4.78, 5) is 46.6. The van der Waals surface area contributed by atoms with E-state index in [2.05, 4.69) is 20.7 Å². The SMILES string of the molecule is COC(=O)[C@@H](CO)NC(=O)[C@@H](C)NC(=O)CNC(=O)OCc1ccccc1. The number of rotatable bonds is 9. The Morgan fingerprint density at radius 2 is 1.78 bits per heavy atom. The number of alkyl carbamates (subject to hydrolysis) is 1. The molecule has 1 aromatic rings. The van der Waals surface area contributed by atoms with Gasteiger partial charge in [-0.05, 0) is 12.5 Å². The Morgan fingerprint density at radius 3 is 2.37 bits per heavy atom. The number of ether oxygens (including phenoxy) is 2. The van der Waals surface area contributed by atoms with Crippen LogP contribution in [-0.2, 0) is 30.5 Å². The number of aliphatic hydroxyl groups excluding tert-OH is 1. The Hall–Kier alpha value is -3.14. The van der Waals surface area contributed by atoms with Gasteiger partial charge >= 0.3 is 12.1 Å². The number of hydrogen-bond acceptors (Lipinski definition) is 7. The first-order valence-corrected chi connectivity index (χ1v) is 8.10. The van der Waals surface area contributed by atoms with Crippen molar-refractivity contribution in [2.75, 3.05) is 20.3 Å². The molecule has 3 amide bonds. The highest BCUT2D eigenvalue weighted by atomic mass is 16.5. The second-order valence-electron chi connectivity index (χ2n) is 5.47. The summed E-state index contributed by atoms with van der Waals surface area (Å²) in [7, 11) is 1.12. The Balaban J connectivity index is 2.32. The van der Waals surface area contributed by atoms with E-state index < -0.39 is 49.1 Å². The summed E-state index contributed by atoms with van der Waals surface area (Å²) in [6, 6.07) is 6.78. The number of carbonyl (C=O) groups is 4. The fourth-order valence-corrected chi connectivity index (χ4v) is 1.90. The number of esters is 1. The van der Waals surface area contributed by atoms with E-state index in [0.717, 1.165) is 12.7 Å². The highest BCUT2D eigenvalue weighted by Gasteiger charge is 2.24. The van der Waals surface area contributed by atoms with Gasteiger partial charge in [-0.3, -0.25) is 9.59 Å². The lowest BCUT2D eigenvalue weighted by Gasteiger charge is -2.18. The molecule has 10 nitrogen and oxygen atoms in total. The van der Waals surface area contributed by atoms with Crippen LogP contribution in [0.5, 0.6) is 0 Å². The van der Waals surface area contributed by atoms with E-state index in [1.54, 1.807) is 24.3 Å². The summed E-state index contributed by atoms with van der Waals surface area (Å²) in [5.74, 6) is -2.14. The maximum atomic E-state index is 11.9. The van der Waals surface area contributed by atoms with E-state index in [1.807, 2.05) is 6.07 Å². The van der Waals surface area contributed by atoms with Crippen molar-refractivity contribution < 1.29 is 33.8 Å². The number of amides is 3. The summed E-state index contributed by atoms with van der Waals surface area (Å²) in [5.41, 5.74) is 0.798. The van der Waals surface area contributed by atoms with E-state index in [0.29, 0.717) is 0 Å². The molecule has 0 radical (unpaired) electrons. The maximum Gasteiger partial charge on any atom is 0.407 e. The van der Waals surface area contributed by atoms with Crippen molar-refractivity contribution in [3.05, 3.63) is 35.9 Å². The number of carbonyl (C=O) groups excluding carboxylic acids is 4. The van der Waals surface area contributed by atoms with Gasteiger partial charge in [0.15, 0.2) is 6.04 Å². The number of hydrogen-bond donors (Lipinski definition) is 4. The highest BCUT2D eigenvalue weighted by molar-refractivity contribution is 5.91.